The van der Waals surface area contributed by atoms with Crippen molar-refractivity contribution < 1.29 is 9.13 Å². The molecule has 2 aromatic rings. The van der Waals surface area contributed by atoms with Gasteiger partial charge >= 0.3 is 0 Å². The van der Waals surface area contributed by atoms with Crippen molar-refractivity contribution in [1.29, 1.82) is 0 Å². The van der Waals surface area contributed by atoms with Crippen LogP contribution in [0.5, 0.6) is 5.75 Å². The minimum atomic E-state index is -0.394. The molecule has 0 bridgehead atoms. The molecule has 4 heteroatoms. The normalized spacial score (nSPS) is 10.3. The van der Waals surface area contributed by atoms with Crippen LogP contribution in [0.4, 0.5) is 15.8 Å². The Morgan fingerprint density at radius 2 is 1.95 bits per heavy atom. The fourth-order valence-corrected chi connectivity index (χ4v) is 1.99. The fourth-order valence-electron chi connectivity index (χ4n) is 1.99. The molecule has 2 aromatic carbocycles. The Morgan fingerprint density at radius 3 is 2.68 bits per heavy atom. The summed E-state index contributed by atoms with van der Waals surface area (Å²) in [6.45, 7) is 0.630. The molecule has 19 heavy (non-hydrogen) atoms. The lowest BCUT2D eigenvalue weighted by Gasteiger charge is -2.21. The summed E-state index contributed by atoms with van der Waals surface area (Å²) >= 11 is 0. The standard InChI is InChI=1S/C15H17FN2O/c1-18(14-8-4-7-13(16)15(14)17)10-11-5-3-6-12(9-11)19-2/h3-9H,10,17H2,1-2H3. The number of anilines is 2. The lowest BCUT2D eigenvalue weighted by molar-refractivity contribution is 0.414. The molecule has 2 rings (SSSR count). The topological polar surface area (TPSA) is 38.5 Å². The van der Waals surface area contributed by atoms with E-state index >= 15 is 0 Å². The van der Waals surface area contributed by atoms with E-state index in [0.717, 1.165) is 11.3 Å². The maximum atomic E-state index is 13.4. The molecule has 0 heterocycles. The SMILES string of the molecule is COc1cccc(CN(C)c2cccc(F)c2N)c1. The second-order valence-corrected chi connectivity index (χ2v) is 4.38. The molecule has 0 radical (unpaired) electrons. The molecule has 0 aromatic heterocycles. The Labute approximate surface area is 112 Å². The fraction of sp³-hybridized carbons (Fsp3) is 0.200. The van der Waals surface area contributed by atoms with Crippen LogP contribution >= 0.6 is 0 Å². The number of nitrogens with zero attached hydrogens (tertiary/aromatic N) is 1. The van der Waals surface area contributed by atoms with Gasteiger partial charge in [-0.15, -0.1) is 0 Å². The number of rotatable bonds is 4. The van der Waals surface area contributed by atoms with E-state index in [-0.39, 0.29) is 5.69 Å². The van der Waals surface area contributed by atoms with Gasteiger partial charge in [-0.1, -0.05) is 18.2 Å². The van der Waals surface area contributed by atoms with Crippen molar-refractivity contribution in [1.82, 2.24) is 0 Å². The number of nitrogens with two attached hydrogens (primary N) is 1. The minimum Gasteiger partial charge on any atom is -0.497 e. The summed E-state index contributed by atoms with van der Waals surface area (Å²) in [5, 5.41) is 0. The zero-order valence-electron chi connectivity index (χ0n) is 11.1. The smallest absolute Gasteiger partial charge is 0.148 e. The first kappa shape index (κ1) is 13.2. The maximum Gasteiger partial charge on any atom is 0.148 e. The monoisotopic (exact) mass is 260 g/mol. The van der Waals surface area contributed by atoms with Crippen LogP contribution in [0.15, 0.2) is 42.5 Å². The van der Waals surface area contributed by atoms with Crippen molar-refractivity contribution in [3.05, 3.63) is 53.8 Å². The van der Waals surface area contributed by atoms with Crippen LogP contribution in [-0.2, 0) is 6.54 Å². The highest BCUT2D eigenvalue weighted by Gasteiger charge is 2.09. The molecule has 2 N–H and O–H groups in total. The average molecular weight is 260 g/mol. The number of methoxy groups -OCH3 is 1. The zero-order valence-corrected chi connectivity index (χ0v) is 11.1. The highest BCUT2D eigenvalue weighted by Crippen LogP contribution is 2.26. The molecule has 0 aliphatic carbocycles. The van der Waals surface area contributed by atoms with Gasteiger partial charge in [0.15, 0.2) is 0 Å². The average Bonchev–Trinajstić information content (AvgIpc) is 2.42. The van der Waals surface area contributed by atoms with Gasteiger partial charge in [-0.2, -0.15) is 0 Å². The van der Waals surface area contributed by atoms with E-state index in [0.29, 0.717) is 12.2 Å². The highest BCUT2D eigenvalue weighted by atomic mass is 19.1. The van der Waals surface area contributed by atoms with Gasteiger partial charge in [-0.3, -0.25) is 0 Å². The maximum absolute atomic E-state index is 13.4. The van der Waals surface area contributed by atoms with Gasteiger partial charge in [-0.25, -0.2) is 4.39 Å². The van der Waals surface area contributed by atoms with Crippen molar-refractivity contribution in [2.24, 2.45) is 0 Å². The van der Waals surface area contributed by atoms with Gasteiger partial charge in [0.05, 0.1) is 18.5 Å². The molecule has 3 nitrogen and oxygen atoms in total. The van der Waals surface area contributed by atoms with Crippen molar-refractivity contribution >= 4 is 11.4 Å². The third-order valence-corrected chi connectivity index (χ3v) is 3.00. The summed E-state index contributed by atoms with van der Waals surface area (Å²) in [6, 6.07) is 12.6. The van der Waals surface area contributed by atoms with Crippen LogP contribution in [0.1, 0.15) is 5.56 Å². The molecule has 0 atom stereocenters. The van der Waals surface area contributed by atoms with E-state index in [2.05, 4.69) is 0 Å². The Hall–Kier alpha value is -2.23. The van der Waals surface area contributed by atoms with E-state index in [1.807, 2.05) is 36.2 Å². The van der Waals surface area contributed by atoms with Crippen LogP contribution in [0.3, 0.4) is 0 Å². The number of ether oxygens (including phenoxy) is 1. The number of para-hydroxylation sites is 1. The Kier molecular flexibility index (Phi) is 3.90. The third kappa shape index (κ3) is 2.96. The van der Waals surface area contributed by atoms with E-state index in [9.17, 15) is 4.39 Å². The third-order valence-electron chi connectivity index (χ3n) is 3.00. The number of halogens is 1. The van der Waals surface area contributed by atoms with E-state index < -0.39 is 5.82 Å². The predicted octanol–water partition coefficient (Wildman–Crippen LogP) is 3.05. The first-order chi connectivity index (χ1) is 9.11. The highest BCUT2D eigenvalue weighted by molar-refractivity contribution is 5.67. The Balaban J connectivity index is 2.20. The Bertz CT molecular complexity index is 572. The van der Waals surface area contributed by atoms with Crippen molar-refractivity contribution in [2.45, 2.75) is 6.54 Å². The van der Waals surface area contributed by atoms with Gasteiger partial charge in [0.25, 0.3) is 0 Å². The molecule has 0 aliphatic rings. The second kappa shape index (κ2) is 5.61. The van der Waals surface area contributed by atoms with Gasteiger partial charge in [0.1, 0.15) is 11.6 Å². The number of hydrogen-bond donors (Lipinski definition) is 1. The van der Waals surface area contributed by atoms with Crippen molar-refractivity contribution in [3.8, 4) is 5.75 Å². The van der Waals surface area contributed by atoms with Crippen LogP contribution in [0, 0.1) is 5.82 Å². The molecule has 0 unspecified atom stereocenters. The lowest BCUT2D eigenvalue weighted by atomic mass is 10.2. The Morgan fingerprint density at radius 1 is 1.21 bits per heavy atom. The first-order valence-corrected chi connectivity index (χ1v) is 6.00. The molecule has 0 spiro atoms. The van der Waals surface area contributed by atoms with Crippen molar-refractivity contribution in [3.63, 3.8) is 0 Å². The van der Waals surface area contributed by atoms with Gasteiger partial charge in [0.2, 0.25) is 0 Å². The summed E-state index contributed by atoms with van der Waals surface area (Å²) in [7, 11) is 3.51. The van der Waals surface area contributed by atoms with E-state index in [1.54, 1.807) is 19.2 Å². The minimum absolute atomic E-state index is 0.174. The molecule has 0 amide bonds. The number of benzene rings is 2. The van der Waals surface area contributed by atoms with Gasteiger partial charge in [-0.05, 0) is 29.8 Å². The quantitative estimate of drug-likeness (QED) is 0.859. The van der Waals surface area contributed by atoms with Gasteiger partial charge in [0, 0.05) is 13.6 Å². The second-order valence-electron chi connectivity index (χ2n) is 4.38. The summed E-state index contributed by atoms with van der Waals surface area (Å²) in [5.41, 5.74) is 7.68. The molecule has 0 aliphatic heterocycles. The van der Waals surface area contributed by atoms with Crippen LogP contribution in [0.25, 0.3) is 0 Å². The van der Waals surface area contributed by atoms with Crippen molar-refractivity contribution in [2.75, 3.05) is 24.8 Å². The lowest BCUT2D eigenvalue weighted by Crippen LogP contribution is -2.18. The zero-order chi connectivity index (χ0) is 13.8. The molecule has 0 saturated heterocycles. The summed E-state index contributed by atoms with van der Waals surface area (Å²) in [6.07, 6.45) is 0. The molecular weight excluding hydrogens is 243 g/mol. The summed E-state index contributed by atoms with van der Waals surface area (Å²) < 4.78 is 18.6. The van der Waals surface area contributed by atoms with E-state index in [4.69, 9.17) is 10.5 Å². The molecule has 100 valence electrons. The first-order valence-electron chi connectivity index (χ1n) is 6.00. The summed E-state index contributed by atoms with van der Waals surface area (Å²) in [4.78, 5) is 1.91. The molecular formula is C15H17FN2O. The van der Waals surface area contributed by atoms with E-state index in [1.165, 1.54) is 6.07 Å². The summed E-state index contributed by atoms with van der Waals surface area (Å²) in [5.74, 6) is 0.410. The predicted molar refractivity (Wildman–Crippen MR) is 75.9 cm³/mol. The molecule has 0 fully saturated rings. The largest absolute Gasteiger partial charge is 0.497 e. The number of hydrogen-bond acceptors (Lipinski definition) is 3. The van der Waals surface area contributed by atoms with Gasteiger partial charge < -0.3 is 15.4 Å². The van der Waals surface area contributed by atoms with Crippen LogP contribution in [-0.4, -0.2) is 14.2 Å². The van der Waals surface area contributed by atoms with Crippen LogP contribution < -0.4 is 15.4 Å². The van der Waals surface area contributed by atoms with Crippen LogP contribution in [0.2, 0.25) is 0 Å². The number of nitrogen functional groups attached to an aromatic ring is 1. The molecule has 0 saturated carbocycles.